The largest absolute Gasteiger partial charge is 0.497 e. The Bertz CT molecular complexity index is 419. The molecular formula is C14H18O4. The van der Waals surface area contributed by atoms with E-state index < -0.39 is 5.97 Å². The molecule has 0 amide bonds. The maximum Gasteiger partial charge on any atom is 0.307 e. The van der Waals surface area contributed by atoms with E-state index in [1.807, 2.05) is 12.1 Å². The Kier molecular flexibility index (Phi) is 3.75. The number of aliphatic carboxylic acids is 1. The van der Waals surface area contributed by atoms with Gasteiger partial charge in [-0.15, -0.1) is 0 Å². The van der Waals surface area contributed by atoms with Gasteiger partial charge in [0.2, 0.25) is 0 Å². The normalized spacial score (nSPS) is 22.8. The molecule has 1 saturated carbocycles. The molecule has 98 valence electrons. The van der Waals surface area contributed by atoms with E-state index in [1.165, 1.54) is 0 Å². The summed E-state index contributed by atoms with van der Waals surface area (Å²) >= 11 is 0. The molecule has 2 rings (SSSR count). The van der Waals surface area contributed by atoms with Crippen LogP contribution in [0.15, 0.2) is 18.2 Å². The Morgan fingerprint density at radius 3 is 2.28 bits per heavy atom. The predicted molar refractivity (Wildman–Crippen MR) is 67.3 cm³/mol. The molecule has 4 nitrogen and oxygen atoms in total. The first-order valence-electron chi connectivity index (χ1n) is 6.11. The molecule has 1 aliphatic carbocycles. The van der Waals surface area contributed by atoms with E-state index in [0.717, 1.165) is 24.8 Å². The van der Waals surface area contributed by atoms with Gasteiger partial charge < -0.3 is 14.6 Å². The molecule has 0 saturated heterocycles. The van der Waals surface area contributed by atoms with Gasteiger partial charge in [-0.05, 0) is 36.5 Å². The van der Waals surface area contributed by atoms with Crippen LogP contribution in [0.25, 0.3) is 0 Å². The van der Waals surface area contributed by atoms with Crippen LogP contribution in [-0.2, 0) is 4.79 Å². The Morgan fingerprint density at radius 2 is 1.78 bits per heavy atom. The molecule has 2 unspecified atom stereocenters. The lowest BCUT2D eigenvalue weighted by Gasteiger charge is -2.18. The van der Waals surface area contributed by atoms with Crippen LogP contribution >= 0.6 is 0 Å². The number of rotatable bonds is 4. The van der Waals surface area contributed by atoms with E-state index in [4.69, 9.17) is 9.47 Å². The van der Waals surface area contributed by atoms with Crippen molar-refractivity contribution >= 4 is 5.97 Å². The molecular weight excluding hydrogens is 232 g/mol. The minimum absolute atomic E-state index is 0.0616. The second-order valence-electron chi connectivity index (χ2n) is 4.63. The van der Waals surface area contributed by atoms with Gasteiger partial charge in [-0.25, -0.2) is 0 Å². The van der Waals surface area contributed by atoms with Crippen LogP contribution in [0.3, 0.4) is 0 Å². The van der Waals surface area contributed by atoms with Gasteiger partial charge in [0.1, 0.15) is 11.5 Å². The number of carbonyl (C=O) groups is 1. The molecule has 0 spiro atoms. The standard InChI is InChI=1S/C14H18O4/c1-17-10-6-9(7-11(8-10)18-2)12-4-3-5-13(12)14(15)16/h6-8,12-13H,3-5H2,1-2H3,(H,15,16). The van der Waals surface area contributed by atoms with Crippen molar-refractivity contribution in [1.82, 2.24) is 0 Å². The molecule has 18 heavy (non-hydrogen) atoms. The molecule has 2 atom stereocenters. The summed E-state index contributed by atoms with van der Waals surface area (Å²) in [6, 6.07) is 5.62. The molecule has 1 aliphatic rings. The minimum Gasteiger partial charge on any atom is -0.497 e. The highest BCUT2D eigenvalue weighted by molar-refractivity contribution is 5.72. The highest BCUT2D eigenvalue weighted by Gasteiger charge is 2.34. The van der Waals surface area contributed by atoms with Crippen LogP contribution in [0.5, 0.6) is 11.5 Å². The third-order valence-electron chi connectivity index (χ3n) is 3.64. The van der Waals surface area contributed by atoms with E-state index in [2.05, 4.69) is 0 Å². The van der Waals surface area contributed by atoms with Gasteiger partial charge in [-0.2, -0.15) is 0 Å². The molecule has 0 heterocycles. The second kappa shape index (κ2) is 5.29. The maximum absolute atomic E-state index is 11.2. The summed E-state index contributed by atoms with van der Waals surface area (Å²) in [4.78, 5) is 11.2. The number of methoxy groups -OCH3 is 2. The van der Waals surface area contributed by atoms with Crippen molar-refractivity contribution < 1.29 is 19.4 Å². The molecule has 0 aliphatic heterocycles. The third-order valence-corrected chi connectivity index (χ3v) is 3.64. The number of benzene rings is 1. The quantitative estimate of drug-likeness (QED) is 0.892. The van der Waals surface area contributed by atoms with Gasteiger partial charge in [0.15, 0.2) is 0 Å². The zero-order chi connectivity index (χ0) is 13.1. The lowest BCUT2D eigenvalue weighted by Crippen LogP contribution is -2.16. The monoisotopic (exact) mass is 250 g/mol. The molecule has 1 fully saturated rings. The molecule has 1 aromatic carbocycles. The number of carboxylic acid groups (broad SMARTS) is 1. The van der Waals surface area contributed by atoms with Crippen molar-refractivity contribution in [2.45, 2.75) is 25.2 Å². The summed E-state index contributed by atoms with van der Waals surface area (Å²) in [5.74, 6) is 0.480. The van der Waals surface area contributed by atoms with E-state index >= 15 is 0 Å². The SMILES string of the molecule is COc1cc(OC)cc(C2CCCC2C(=O)O)c1. The molecule has 0 aromatic heterocycles. The number of hydrogen-bond donors (Lipinski definition) is 1. The van der Waals surface area contributed by atoms with Crippen LogP contribution in [0, 0.1) is 5.92 Å². The average Bonchev–Trinajstić information content (AvgIpc) is 2.87. The van der Waals surface area contributed by atoms with Crippen molar-refractivity contribution in [2.75, 3.05) is 14.2 Å². The number of hydrogen-bond acceptors (Lipinski definition) is 3. The fourth-order valence-corrected chi connectivity index (χ4v) is 2.70. The number of carboxylic acids is 1. The van der Waals surface area contributed by atoms with Gasteiger partial charge in [0, 0.05) is 6.07 Å². The molecule has 4 heteroatoms. The zero-order valence-electron chi connectivity index (χ0n) is 10.7. The second-order valence-corrected chi connectivity index (χ2v) is 4.63. The van der Waals surface area contributed by atoms with Gasteiger partial charge in [-0.1, -0.05) is 6.42 Å². The highest BCUT2D eigenvalue weighted by atomic mass is 16.5. The average molecular weight is 250 g/mol. The maximum atomic E-state index is 11.2. The van der Waals surface area contributed by atoms with E-state index in [1.54, 1.807) is 20.3 Å². The lowest BCUT2D eigenvalue weighted by molar-refractivity contribution is -0.142. The summed E-state index contributed by atoms with van der Waals surface area (Å²) in [5.41, 5.74) is 0.996. The van der Waals surface area contributed by atoms with Crippen LogP contribution in [0.2, 0.25) is 0 Å². The zero-order valence-corrected chi connectivity index (χ0v) is 10.7. The van der Waals surface area contributed by atoms with Crippen LogP contribution < -0.4 is 9.47 Å². The smallest absolute Gasteiger partial charge is 0.307 e. The van der Waals surface area contributed by atoms with Crippen molar-refractivity contribution in [3.05, 3.63) is 23.8 Å². The van der Waals surface area contributed by atoms with Gasteiger partial charge in [0.25, 0.3) is 0 Å². The summed E-state index contributed by atoms with van der Waals surface area (Å²) < 4.78 is 10.5. The first kappa shape index (κ1) is 12.7. The summed E-state index contributed by atoms with van der Waals surface area (Å²) in [7, 11) is 3.20. The van der Waals surface area contributed by atoms with Crippen molar-refractivity contribution in [3.63, 3.8) is 0 Å². The molecule has 0 radical (unpaired) electrons. The van der Waals surface area contributed by atoms with Crippen LogP contribution in [0.1, 0.15) is 30.7 Å². The number of ether oxygens (including phenoxy) is 2. The van der Waals surface area contributed by atoms with Gasteiger partial charge in [-0.3, -0.25) is 4.79 Å². The Balaban J connectivity index is 2.34. The Hall–Kier alpha value is -1.71. The Morgan fingerprint density at radius 1 is 1.17 bits per heavy atom. The minimum atomic E-state index is -0.709. The molecule has 0 bridgehead atoms. The Labute approximate surface area is 107 Å². The molecule has 1 aromatic rings. The van der Waals surface area contributed by atoms with Crippen LogP contribution in [0.4, 0.5) is 0 Å². The van der Waals surface area contributed by atoms with Crippen molar-refractivity contribution in [2.24, 2.45) is 5.92 Å². The predicted octanol–water partition coefficient (Wildman–Crippen LogP) is 2.67. The van der Waals surface area contributed by atoms with Gasteiger partial charge >= 0.3 is 5.97 Å². The highest BCUT2D eigenvalue weighted by Crippen LogP contribution is 2.41. The topological polar surface area (TPSA) is 55.8 Å². The van der Waals surface area contributed by atoms with Crippen molar-refractivity contribution in [3.8, 4) is 11.5 Å². The first-order chi connectivity index (χ1) is 8.65. The van der Waals surface area contributed by atoms with Crippen molar-refractivity contribution in [1.29, 1.82) is 0 Å². The van der Waals surface area contributed by atoms with Crippen LogP contribution in [-0.4, -0.2) is 25.3 Å². The first-order valence-corrected chi connectivity index (χ1v) is 6.11. The fourth-order valence-electron chi connectivity index (χ4n) is 2.70. The van der Waals surface area contributed by atoms with E-state index in [0.29, 0.717) is 11.5 Å². The third kappa shape index (κ3) is 2.42. The summed E-state index contributed by atoms with van der Waals surface area (Å²) in [6.45, 7) is 0. The summed E-state index contributed by atoms with van der Waals surface area (Å²) in [5, 5.41) is 9.24. The lowest BCUT2D eigenvalue weighted by atomic mass is 9.89. The summed E-state index contributed by atoms with van der Waals surface area (Å²) in [6.07, 6.45) is 2.62. The fraction of sp³-hybridized carbons (Fsp3) is 0.500. The molecule has 1 N–H and O–H groups in total. The van der Waals surface area contributed by atoms with Gasteiger partial charge in [0.05, 0.1) is 20.1 Å². The van der Waals surface area contributed by atoms with E-state index in [9.17, 15) is 9.90 Å². The van der Waals surface area contributed by atoms with E-state index in [-0.39, 0.29) is 11.8 Å².